The highest BCUT2D eigenvalue weighted by Gasteiger charge is 2.27. The summed E-state index contributed by atoms with van der Waals surface area (Å²) in [6, 6.07) is -0.168. The molecule has 0 aromatic carbocycles. The third-order valence-electron chi connectivity index (χ3n) is 2.56. The van der Waals surface area contributed by atoms with E-state index in [1.807, 2.05) is 0 Å². The maximum absolute atomic E-state index is 11.6. The molecule has 0 saturated carbocycles. The fourth-order valence-electron chi connectivity index (χ4n) is 1.74. The van der Waals surface area contributed by atoms with Gasteiger partial charge in [-0.15, -0.1) is 0 Å². The lowest BCUT2D eigenvalue weighted by Crippen LogP contribution is -2.42. The largest absolute Gasteiger partial charge is 0.396 e. The average molecular weight is 199 g/mol. The molecule has 1 aliphatic heterocycles. The van der Waals surface area contributed by atoms with Gasteiger partial charge < -0.3 is 5.11 Å². The highest BCUT2D eigenvalue weighted by Crippen LogP contribution is 2.16. The number of aliphatic hydroxyl groups is 1. The van der Waals surface area contributed by atoms with Gasteiger partial charge in [0.15, 0.2) is 0 Å². The Labute approximate surface area is 83.9 Å². The Kier molecular flexibility index (Phi) is 4.07. The van der Waals surface area contributed by atoms with Gasteiger partial charge in [-0.1, -0.05) is 0 Å². The van der Waals surface area contributed by atoms with Crippen molar-refractivity contribution in [2.75, 3.05) is 6.61 Å². The lowest BCUT2D eigenvalue weighted by molar-refractivity contribution is -0.146. The highest BCUT2D eigenvalue weighted by atomic mass is 16.3. The van der Waals surface area contributed by atoms with Crippen molar-refractivity contribution < 1.29 is 14.7 Å². The Morgan fingerprint density at radius 2 is 1.79 bits per heavy atom. The first-order chi connectivity index (χ1) is 6.66. The number of carbonyl (C=O) groups is 2. The molecule has 2 amide bonds. The van der Waals surface area contributed by atoms with Crippen LogP contribution in [0.5, 0.6) is 0 Å². The standard InChI is InChI=1S/C10H17NO3/c1-8(6-7-12)11-9(13)4-2-3-5-10(11)14/h8,12H,2-7H2,1H3. The Hall–Kier alpha value is -0.900. The maximum Gasteiger partial charge on any atom is 0.229 e. The third kappa shape index (κ3) is 2.54. The average Bonchev–Trinajstić information content (AvgIpc) is 2.28. The molecule has 0 spiro atoms. The number of likely N-dealkylation sites (tertiary alicyclic amines) is 1. The van der Waals surface area contributed by atoms with E-state index in [9.17, 15) is 9.59 Å². The molecule has 0 aromatic rings. The van der Waals surface area contributed by atoms with Crippen molar-refractivity contribution in [1.82, 2.24) is 4.90 Å². The number of rotatable bonds is 3. The quantitative estimate of drug-likeness (QED) is 0.680. The van der Waals surface area contributed by atoms with Crippen LogP contribution in [0.1, 0.15) is 39.0 Å². The van der Waals surface area contributed by atoms with Gasteiger partial charge in [0.25, 0.3) is 0 Å². The number of hydrogen-bond donors (Lipinski definition) is 1. The van der Waals surface area contributed by atoms with Crippen LogP contribution < -0.4 is 0 Å². The van der Waals surface area contributed by atoms with Gasteiger partial charge in [-0.2, -0.15) is 0 Å². The summed E-state index contributed by atoms with van der Waals surface area (Å²) < 4.78 is 0. The fraction of sp³-hybridized carbons (Fsp3) is 0.800. The molecule has 14 heavy (non-hydrogen) atoms. The lowest BCUT2D eigenvalue weighted by atomic mass is 10.2. The van der Waals surface area contributed by atoms with E-state index in [1.165, 1.54) is 4.90 Å². The number of carbonyl (C=O) groups excluding carboxylic acids is 2. The van der Waals surface area contributed by atoms with Gasteiger partial charge in [0, 0.05) is 25.5 Å². The van der Waals surface area contributed by atoms with Crippen LogP contribution in [-0.4, -0.2) is 34.5 Å². The summed E-state index contributed by atoms with van der Waals surface area (Å²) in [6.07, 6.45) is 2.99. The second-order valence-corrected chi connectivity index (χ2v) is 3.73. The second kappa shape index (κ2) is 5.10. The van der Waals surface area contributed by atoms with E-state index in [-0.39, 0.29) is 24.5 Å². The van der Waals surface area contributed by atoms with Crippen molar-refractivity contribution in [3.63, 3.8) is 0 Å². The lowest BCUT2D eigenvalue weighted by Gasteiger charge is -2.25. The van der Waals surface area contributed by atoms with Gasteiger partial charge in [-0.3, -0.25) is 14.5 Å². The minimum Gasteiger partial charge on any atom is -0.396 e. The monoisotopic (exact) mass is 199 g/mol. The molecule has 1 rings (SSSR count). The van der Waals surface area contributed by atoms with Crippen molar-refractivity contribution in [3.05, 3.63) is 0 Å². The summed E-state index contributed by atoms with van der Waals surface area (Å²) in [5.74, 6) is -0.179. The van der Waals surface area contributed by atoms with E-state index in [0.29, 0.717) is 19.3 Å². The molecular weight excluding hydrogens is 182 g/mol. The topological polar surface area (TPSA) is 57.6 Å². The first-order valence-corrected chi connectivity index (χ1v) is 5.12. The van der Waals surface area contributed by atoms with E-state index in [1.54, 1.807) is 6.92 Å². The second-order valence-electron chi connectivity index (χ2n) is 3.73. The molecule has 1 unspecified atom stereocenters. The van der Waals surface area contributed by atoms with Crippen molar-refractivity contribution in [2.45, 2.75) is 45.1 Å². The van der Waals surface area contributed by atoms with Gasteiger partial charge >= 0.3 is 0 Å². The number of amides is 2. The molecule has 1 saturated heterocycles. The smallest absolute Gasteiger partial charge is 0.229 e. The minimum atomic E-state index is -0.168. The summed E-state index contributed by atoms with van der Waals surface area (Å²) in [6.45, 7) is 1.82. The predicted octanol–water partition coefficient (Wildman–Crippen LogP) is 0.686. The van der Waals surface area contributed by atoms with Crippen LogP contribution in [0.3, 0.4) is 0 Å². The maximum atomic E-state index is 11.6. The molecule has 4 heteroatoms. The summed E-state index contributed by atoms with van der Waals surface area (Å²) in [7, 11) is 0. The zero-order chi connectivity index (χ0) is 10.6. The molecule has 1 aliphatic rings. The molecule has 0 radical (unpaired) electrons. The first-order valence-electron chi connectivity index (χ1n) is 5.12. The summed E-state index contributed by atoms with van der Waals surface area (Å²) in [5.41, 5.74) is 0. The third-order valence-corrected chi connectivity index (χ3v) is 2.56. The van der Waals surface area contributed by atoms with Gasteiger partial charge in [-0.25, -0.2) is 0 Å². The van der Waals surface area contributed by atoms with Gasteiger partial charge in [0.2, 0.25) is 11.8 Å². The van der Waals surface area contributed by atoms with Crippen molar-refractivity contribution in [2.24, 2.45) is 0 Å². The SMILES string of the molecule is CC(CCO)N1C(=O)CCCCC1=O. The zero-order valence-corrected chi connectivity index (χ0v) is 8.53. The molecule has 0 aromatic heterocycles. The van der Waals surface area contributed by atoms with Crippen LogP contribution >= 0.6 is 0 Å². The van der Waals surface area contributed by atoms with Crippen LogP contribution in [-0.2, 0) is 9.59 Å². The van der Waals surface area contributed by atoms with E-state index >= 15 is 0 Å². The van der Waals surface area contributed by atoms with Gasteiger partial charge in [0.1, 0.15) is 0 Å². The summed E-state index contributed by atoms with van der Waals surface area (Å²) in [5, 5.41) is 8.76. The summed E-state index contributed by atoms with van der Waals surface area (Å²) >= 11 is 0. The van der Waals surface area contributed by atoms with Crippen molar-refractivity contribution >= 4 is 11.8 Å². The van der Waals surface area contributed by atoms with Crippen LogP contribution in [0.25, 0.3) is 0 Å². The molecule has 4 nitrogen and oxygen atoms in total. The number of nitrogens with zero attached hydrogens (tertiary/aromatic N) is 1. The minimum absolute atomic E-state index is 0.0121. The van der Waals surface area contributed by atoms with Crippen LogP contribution in [0.2, 0.25) is 0 Å². The van der Waals surface area contributed by atoms with Crippen molar-refractivity contribution in [1.29, 1.82) is 0 Å². The molecule has 80 valence electrons. The van der Waals surface area contributed by atoms with E-state index in [0.717, 1.165) is 12.8 Å². The Morgan fingerprint density at radius 1 is 1.29 bits per heavy atom. The molecule has 1 heterocycles. The molecule has 1 N–H and O–H groups in total. The van der Waals surface area contributed by atoms with E-state index < -0.39 is 0 Å². The van der Waals surface area contributed by atoms with Crippen LogP contribution in [0.4, 0.5) is 0 Å². The zero-order valence-electron chi connectivity index (χ0n) is 8.53. The van der Waals surface area contributed by atoms with Crippen molar-refractivity contribution in [3.8, 4) is 0 Å². The Bertz CT molecular complexity index is 209. The predicted molar refractivity (Wildman–Crippen MR) is 51.5 cm³/mol. The normalized spacial score (nSPS) is 20.9. The van der Waals surface area contributed by atoms with E-state index in [2.05, 4.69) is 0 Å². The van der Waals surface area contributed by atoms with E-state index in [4.69, 9.17) is 5.11 Å². The fourth-order valence-corrected chi connectivity index (χ4v) is 1.74. The number of aliphatic hydroxyl groups excluding tert-OH is 1. The molecule has 0 bridgehead atoms. The molecular formula is C10H17NO3. The Morgan fingerprint density at radius 3 is 2.21 bits per heavy atom. The van der Waals surface area contributed by atoms with Gasteiger partial charge in [0.05, 0.1) is 0 Å². The Balaban J connectivity index is 2.69. The van der Waals surface area contributed by atoms with Gasteiger partial charge in [-0.05, 0) is 26.2 Å². The first kappa shape index (κ1) is 11.2. The molecule has 1 atom stereocenters. The summed E-state index contributed by atoms with van der Waals surface area (Å²) in [4.78, 5) is 24.5. The van der Waals surface area contributed by atoms with Crippen LogP contribution in [0, 0.1) is 0 Å². The highest BCUT2D eigenvalue weighted by molar-refractivity contribution is 5.96. The molecule has 1 fully saturated rings. The van der Waals surface area contributed by atoms with Crippen LogP contribution in [0.15, 0.2) is 0 Å². The number of hydrogen-bond acceptors (Lipinski definition) is 3. The molecule has 0 aliphatic carbocycles. The number of imide groups is 1.